The molecule has 0 aliphatic heterocycles. The van der Waals surface area contributed by atoms with E-state index in [4.69, 9.17) is 9.26 Å². The number of thioether (sulfide) groups is 1. The summed E-state index contributed by atoms with van der Waals surface area (Å²) < 4.78 is 10.5. The van der Waals surface area contributed by atoms with Crippen molar-refractivity contribution >= 4 is 22.8 Å². The van der Waals surface area contributed by atoms with Gasteiger partial charge in [0.05, 0.1) is 23.9 Å². The van der Waals surface area contributed by atoms with E-state index in [0.29, 0.717) is 17.5 Å². The largest absolute Gasteiger partial charge is 0.497 e. The minimum absolute atomic E-state index is 0.550. The fourth-order valence-corrected chi connectivity index (χ4v) is 3.04. The summed E-state index contributed by atoms with van der Waals surface area (Å²) >= 11 is 1.53. The van der Waals surface area contributed by atoms with Crippen LogP contribution in [0.1, 0.15) is 5.89 Å². The number of H-pyrrole nitrogens is 1. The van der Waals surface area contributed by atoms with E-state index in [0.717, 1.165) is 27.5 Å². The molecule has 0 spiro atoms. The number of nitrogens with one attached hydrogen (secondary N) is 1. The van der Waals surface area contributed by atoms with E-state index in [1.54, 1.807) is 7.11 Å². The fourth-order valence-electron chi connectivity index (χ4n) is 2.32. The Kier molecular flexibility index (Phi) is 3.92. The van der Waals surface area contributed by atoms with Gasteiger partial charge in [-0.3, -0.25) is 0 Å². The molecule has 2 aromatic carbocycles. The van der Waals surface area contributed by atoms with Crippen LogP contribution in [0.4, 0.5) is 0 Å². The predicted molar refractivity (Wildman–Crippen MR) is 91.9 cm³/mol. The number of aromatic nitrogens is 4. The number of nitrogens with zero attached hydrogens (tertiary/aromatic N) is 3. The molecule has 120 valence electrons. The molecule has 7 heteroatoms. The van der Waals surface area contributed by atoms with Crippen LogP contribution in [0.15, 0.2) is 58.2 Å². The van der Waals surface area contributed by atoms with Gasteiger partial charge in [-0.25, -0.2) is 4.98 Å². The molecule has 4 rings (SSSR count). The molecule has 0 amide bonds. The summed E-state index contributed by atoms with van der Waals surface area (Å²) in [5.41, 5.74) is 2.82. The molecule has 2 heterocycles. The molecule has 0 saturated carbocycles. The van der Waals surface area contributed by atoms with Crippen molar-refractivity contribution in [1.29, 1.82) is 0 Å². The highest BCUT2D eigenvalue weighted by Gasteiger charge is 2.11. The first kappa shape index (κ1) is 14.8. The van der Waals surface area contributed by atoms with Crippen LogP contribution in [-0.4, -0.2) is 27.2 Å². The molecule has 0 atom stereocenters. The normalized spacial score (nSPS) is 11.0. The van der Waals surface area contributed by atoms with Crippen LogP contribution in [0, 0.1) is 0 Å². The number of fused-ring (bicyclic) bond motifs is 1. The monoisotopic (exact) mass is 338 g/mol. The Morgan fingerprint density at radius 2 is 2.04 bits per heavy atom. The molecule has 6 nitrogen and oxygen atoms in total. The van der Waals surface area contributed by atoms with Crippen molar-refractivity contribution in [3.63, 3.8) is 0 Å². The van der Waals surface area contributed by atoms with Gasteiger partial charge in [-0.15, -0.1) is 0 Å². The smallest absolute Gasteiger partial charge is 0.237 e. The van der Waals surface area contributed by atoms with Gasteiger partial charge in [0.15, 0.2) is 5.16 Å². The zero-order chi connectivity index (χ0) is 16.4. The van der Waals surface area contributed by atoms with Crippen molar-refractivity contribution < 1.29 is 9.26 Å². The van der Waals surface area contributed by atoms with Crippen LogP contribution < -0.4 is 4.74 Å². The van der Waals surface area contributed by atoms with E-state index in [1.165, 1.54) is 11.8 Å². The predicted octanol–water partition coefficient (Wildman–Crippen LogP) is 3.91. The average molecular weight is 338 g/mol. The molecular formula is C17H14N4O2S. The van der Waals surface area contributed by atoms with Gasteiger partial charge in [-0.05, 0) is 24.3 Å². The molecule has 0 saturated heterocycles. The van der Waals surface area contributed by atoms with Gasteiger partial charge in [0, 0.05) is 5.56 Å². The van der Waals surface area contributed by atoms with Gasteiger partial charge >= 0.3 is 0 Å². The zero-order valence-corrected chi connectivity index (χ0v) is 13.7. The minimum atomic E-state index is 0.550. The third-order valence-electron chi connectivity index (χ3n) is 3.50. The van der Waals surface area contributed by atoms with Gasteiger partial charge in [0.2, 0.25) is 11.7 Å². The van der Waals surface area contributed by atoms with Crippen molar-refractivity contribution in [2.75, 3.05) is 7.11 Å². The number of ether oxygens (including phenoxy) is 1. The maximum absolute atomic E-state index is 5.32. The van der Waals surface area contributed by atoms with Crippen LogP contribution in [0.5, 0.6) is 5.75 Å². The highest BCUT2D eigenvalue weighted by atomic mass is 32.2. The number of aromatic amines is 1. The van der Waals surface area contributed by atoms with Gasteiger partial charge in [-0.1, -0.05) is 41.2 Å². The summed E-state index contributed by atoms with van der Waals surface area (Å²) in [6.45, 7) is 0. The molecule has 0 aliphatic rings. The molecule has 24 heavy (non-hydrogen) atoms. The number of hydrogen-bond acceptors (Lipinski definition) is 6. The lowest BCUT2D eigenvalue weighted by Gasteiger charge is -1.99. The molecule has 4 aromatic rings. The molecule has 0 aliphatic carbocycles. The van der Waals surface area contributed by atoms with Crippen LogP contribution in [0.2, 0.25) is 0 Å². The number of hydrogen-bond donors (Lipinski definition) is 1. The maximum Gasteiger partial charge on any atom is 0.237 e. The SMILES string of the molecule is COc1cccc(-c2noc(CSc3nc4ccccc4[nH]3)n2)c1. The lowest BCUT2D eigenvalue weighted by molar-refractivity contribution is 0.391. The molecule has 0 radical (unpaired) electrons. The first-order chi connectivity index (χ1) is 11.8. The van der Waals surface area contributed by atoms with Crippen molar-refractivity contribution in [2.45, 2.75) is 10.9 Å². The summed E-state index contributed by atoms with van der Waals surface area (Å²) in [6.07, 6.45) is 0. The molecule has 1 N–H and O–H groups in total. The molecule has 0 bridgehead atoms. The summed E-state index contributed by atoms with van der Waals surface area (Å²) in [4.78, 5) is 12.2. The summed E-state index contributed by atoms with van der Waals surface area (Å²) in [6, 6.07) is 15.5. The Hall–Kier alpha value is -2.80. The van der Waals surface area contributed by atoms with Gasteiger partial charge < -0.3 is 14.2 Å². The van der Waals surface area contributed by atoms with E-state index in [-0.39, 0.29) is 0 Å². The number of methoxy groups -OCH3 is 1. The Labute approximate surface area is 142 Å². The second-order valence-electron chi connectivity index (χ2n) is 5.09. The molecule has 2 aromatic heterocycles. The lowest BCUT2D eigenvalue weighted by atomic mass is 10.2. The van der Waals surface area contributed by atoms with E-state index < -0.39 is 0 Å². The Bertz CT molecular complexity index is 946. The first-order valence-electron chi connectivity index (χ1n) is 7.36. The number of imidazole rings is 1. The van der Waals surface area contributed by atoms with E-state index >= 15 is 0 Å². The quantitative estimate of drug-likeness (QED) is 0.556. The lowest BCUT2D eigenvalue weighted by Crippen LogP contribution is -1.86. The fraction of sp³-hybridized carbons (Fsp3) is 0.118. The summed E-state index contributed by atoms with van der Waals surface area (Å²) in [5, 5.41) is 4.86. The standard InChI is InChI=1S/C17H14N4O2S/c1-22-12-6-4-5-11(9-12)16-20-15(23-21-16)10-24-17-18-13-7-2-3-8-14(13)19-17/h2-9H,10H2,1H3,(H,18,19). The van der Waals surface area contributed by atoms with Crippen molar-refractivity contribution in [2.24, 2.45) is 0 Å². The number of rotatable bonds is 5. The Morgan fingerprint density at radius 1 is 1.12 bits per heavy atom. The maximum atomic E-state index is 5.32. The van der Waals surface area contributed by atoms with Gasteiger partial charge in [-0.2, -0.15) is 4.98 Å². The Morgan fingerprint density at radius 3 is 2.92 bits per heavy atom. The first-order valence-corrected chi connectivity index (χ1v) is 8.35. The van der Waals surface area contributed by atoms with Crippen molar-refractivity contribution in [3.8, 4) is 17.1 Å². The third kappa shape index (κ3) is 2.98. The van der Waals surface area contributed by atoms with Crippen LogP contribution in [0.3, 0.4) is 0 Å². The Balaban J connectivity index is 1.48. The van der Waals surface area contributed by atoms with Crippen LogP contribution >= 0.6 is 11.8 Å². The van der Waals surface area contributed by atoms with Gasteiger partial charge in [0.1, 0.15) is 5.75 Å². The summed E-state index contributed by atoms with van der Waals surface area (Å²) in [5.74, 6) is 2.42. The highest BCUT2D eigenvalue weighted by molar-refractivity contribution is 7.98. The van der Waals surface area contributed by atoms with E-state index in [9.17, 15) is 0 Å². The van der Waals surface area contributed by atoms with E-state index in [1.807, 2.05) is 48.5 Å². The zero-order valence-electron chi connectivity index (χ0n) is 12.9. The highest BCUT2D eigenvalue weighted by Crippen LogP contribution is 2.25. The third-order valence-corrected chi connectivity index (χ3v) is 4.35. The molecule has 0 fully saturated rings. The van der Waals surface area contributed by atoms with Crippen LogP contribution in [0.25, 0.3) is 22.4 Å². The van der Waals surface area contributed by atoms with Crippen molar-refractivity contribution in [3.05, 3.63) is 54.4 Å². The average Bonchev–Trinajstić information content (AvgIpc) is 3.26. The van der Waals surface area contributed by atoms with Gasteiger partial charge in [0.25, 0.3) is 0 Å². The molecule has 0 unspecified atom stereocenters. The van der Waals surface area contributed by atoms with E-state index in [2.05, 4.69) is 20.1 Å². The second kappa shape index (κ2) is 6.37. The number of para-hydroxylation sites is 2. The van der Waals surface area contributed by atoms with Crippen molar-refractivity contribution in [1.82, 2.24) is 20.1 Å². The number of benzene rings is 2. The molecular weight excluding hydrogens is 324 g/mol. The van der Waals surface area contributed by atoms with Crippen LogP contribution in [-0.2, 0) is 5.75 Å². The topological polar surface area (TPSA) is 76.8 Å². The minimum Gasteiger partial charge on any atom is -0.497 e. The summed E-state index contributed by atoms with van der Waals surface area (Å²) in [7, 11) is 1.63. The second-order valence-corrected chi connectivity index (χ2v) is 6.06.